The van der Waals surface area contributed by atoms with Gasteiger partial charge in [-0.2, -0.15) is 0 Å². The Hall–Kier alpha value is -2.46. The molecule has 2 aromatic carbocycles. The molecular weight excluding hydrogens is 321 g/mol. The van der Waals surface area contributed by atoms with Gasteiger partial charge in [0.05, 0.1) is 12.5 Å². The first-order valence-corrected chi connectivity index (χ1v) is 8.63. The number of rotatable bonds is 5. The quantitative estimate of drug-likeness (QED) is 0.720. The zero-order valence-corrected chi connectivity index (χ0v) is 14.1. The highest BCUT2D eigenvalue weighted by Crippen LogP contribution is 2.26. The number of amides is 1. The number of hydrogen-bond donors (Lipinski definition) is 1. The van der Waals surface area contributed by atoms with Gasteiger partial charge in [-0.25, -0.2) is 4.39 Å². The molecule has 0 unspecified atom stereocenters. The van der Waals surface area contributed by atoms with E-state index in [4.69, 9.17) is 0 Å². The Morgan fingerprint density at radius 1 is 1.12 bits per heavy atom. The van der Waals surface area contributed by atoms with Crippen LogP contribution in [0, 0.1) is 12.7 Å². The van der Waals surface area contributed by atoms with Gasteiger partial charge >= 0.3 is 0 Å². The van der Waals surface area contributed by atoms with E-state index in [-0.39, 0.29) is 24.2 Å². The van der Waals surface area contributed by atoms with Crippen LogP contribution in [-0.2, 0) is 11.2 Å². The van der Waals surface area contributed by atoms with Crippen LogP contribution in [0.1, 0.15) is 27.6 Å². The third-order valence-electron chi connectivity index (χ3n) is 3.80. The summed E-state index contributed by atoms with van der Waals surface area (Å²) in [5, 5.41) is 5.07. The Morgan fingerprint density at radius 3 is 2.58 bits per heavy atom. The van der Waals surface area contributed by atoms with Crippen LogP contribution in [-0.4, -0.2) is 5.91 Å². The average molecular weight is 339 g/mol. The Balaban J connectivity index is 1.79. The molecule has 24 heavy (non-hydrogen) atoms. The minimum Gasteiger partial charge on any atom is -0.344 e. The van der Waals surface area contributed by atoms with Gasteiger partial charge in [-0.15, -0.1) is 11.3 Å². The van der Waals surface area contributed by atoms with Crippen molar-refractivity contribution in [3.8, 4) is 0 Å². The van der Waals surface area contributed by atoms with Crippen LogP contribution in [0.25, 0.3) is 0 Å². The molecule has 0 aliphatic heterocycles. The highest BCUT2D eigenvalue weighted by molar-refractivity contribution is 7.10. The number of aryl methyl sites for hydroxylation is 1. The van der Waals surface area contributed by atoms with Crippen molar-refractivity contribution >= 4 is 17.2 Å². The molecule has 0 saturated carbocycles. The second-order valence-electron chi connectivity index (χ2n) is 5.73. The van der Waals surface area contributed by atoms with Gasteiger partial charge in [0.2, 0.25) is 5.91 Å². The summed E-state index contributed by atoms with van der Waals surface area (Å²) in [6.07, 6.45) is 0.158. The van der Waals surface area contributed by atoms with Gasteiger partial charge in [0.25, 0.3) is 0 Å². The zero-order chi connectivity index (χ0) is 16.9. The summed E-state index contributed by atoms with van der Waals surface area (Å²) in [5.41, 5.74) is 2.88. The Labute approximate surface area is 145 Å². The highest BCUT2D eigenvalue weighted by atomic mass is 32.1. The first-order chi connectivity index (χ1) is 11.6. The number of carbonyl (C=O) groups excluding carboxylic acids is 1. The molecule has 1 atom stereocenters. The van der Waals surface area contributed by atoms with Crippen LogP contribution in [0.2, 0.25) is 0 Å². The minimum absolute atomic E-state index is 0.125. The van der Waals surface area contributed by atoms with Crippen molar-refractivity contribution < 1.29 is 9.18 Å². The first kappa shape index (κ1) is 16.4. The largest absolute Gasteiger partial charge is 0.344 e. The second-order valence-corrected chi connectivity index (χ2v) is 6.71. The predicted molar refractivity (Wildman–Crippen MR) is 95.6 cm³/mol. The maximum atomic E-state index is 13.3. The Morgan fingerprint density at radius 2 is 1.92 bits per heavy atom. The molecule has 0 bridgehead atoms. The number of carbonyl (C=O) groups is 1. The maximum Gasteiger partial charge on any atom is 0.225 e. The lowest BCUT2D eigenvalue weighted by Gasteiger charge is -2.18. The third-order valence-corrected chi connectivity index (χ3v) is 4.73. The molecule has 3 rings (SSSR count). The summed E-state index contributed by atoms with van der Waals surface area (Å²) >= 11 is 1.61. The molecule has 1 heterocycles. The summed E-state index contributed by atoms with van der Waals surface area (Å²) in [6.45, 7) is 2.03. The van der Waals surface area contributed by atoms with Gasteiger partial charge in [0.1, 0.15) is 5.82 Å². The zero-order valence-electron chi connectivity index (χ0n) is 13.3. The smallest absolute Gasteiger partial charge is 0.225 e. The average Bonchev–Trinajstić information content (AvgIpc) is 3.08. The van der Waals surface area contributed by atoms with Crippen LogP contribution in [0.4, 0.5) is 4.39 Å². The van der Waals surface area contributed by atoms with Crippen LogP contribution < -0.4 is 5.32 Å². The number of benzene rings is 2. The molecule has 0 radical (unpaired) electrons. The lowest BCUT2D eigenvalue weighted by molar-refractivity contribution is -0.120. The number of nitrogens with one attached hydrogen (secondary N) is 1. The van der Waals surface area contributed by atoms with E-state index in [1.54, 1.807) is 23.5 Å². The Bertz CT molecular complexity index is 812. The van der Waals surface area contributed by atoms with E-state index in [1.807, 2.05) is 48.7 Å². The van der Waals surface area contributed by atoms with Crippen LogP contribution in [0.3, 0.4) is 0 Å². The fraction of sp³-hybridized carbons (Fsp3) is 0.150. The number of halogens is 1. The molecule has 2 nitrogen and oxygen atoms in total. The molecule has 0 saturated heterocycles. The van der Waals surface area contributed by atoms with E-state index in [1.165, 1.54) is 17.7 Å². The van der Waals surface area contributed by atoms with Crippen molar-refractivity contribution in [3.05, 3.63) is 93.4 Å². The van der Waals surface area contributed by atoms with E-state index in [0.29, 0.717) is 5.56 Å². The van der Waals surface area contributed by atoms with Crippen molar-refractivity contribution in [3.63, 3.8) is 0 Å². The topological polar surface area (TPSA) is 29.1 Å². The van der Waals surface area contributed by atoms with Crippen LogP contribution in [0.15, 0.2) is 66.0 Å². The van der Waals surface area contributed by atoms with Gasteiger partial charge < -0.3 is 5.32 Å². The van der Waals surface area contributed by atoms with Crippen LogP contribution in [0.5, 0.6) is 0 Å². The summed E-state index contributed by atoms with van der Waals surface area (Å²) in [6, 6.07) is 18.1. The van der Waals surface area contributed by atoms with E-state index < -0.39 is 0 Å². The van der Waals surface area contributed by atoms with Crippen molar-refractivity contribution in [2.75, 3.05) is 0 Å². The first-order valence-electron chi connectivity index (χ1n) is 7.75. The SMILES string of the molecule is Cc1ccc([C@H](NC(=O)Cc2cccc(F)c2)c2cccs2)cc1. The van der Waals surface area contributed by atoms with E-state index in [2.05, 4.69) is 5.32 Å². The molecule has 0 fully saturated rings. The number of thiophene rings is 1. The highest BCUT2D eigenvalue weighted by Gasteiger charge is 2.18. The molecule has 0 spiro atoms. The second kappa shape index (κ2) is 7.41. The van der Waals surface area contributed by atoms with Crippen molar-refractivity contribution in [1.82, 2.24) is 5.32 Å². The molecule has 122 valence electrons. The van der Waals surface area contributed by atoms with Crippen molar-refractivity contribution in [1.29, 1.82) is 0 Å². The fourth-order valence-electron chi connectivity index (χ4n) is 2.58. The molecule has 4 heteroatoms. The fourth-order valence-corrected chi connectivity index (χ4v) is 3.38. The van der Waals surface area contributed by atoms with Gasteiger partial charge in [0.15, 0.2) is 0 Å². The van der Waals surface area contributed by atoms with Gasteiger partial charge in [-0.1, -0.05) is 48.0 Å². The normalized spacial score (nSPS) is 11.9. The lowest BCUT2D eigenvalue weighted by Crippen LogP contribution is -2.30. The summed E-state index contributed by atoms with van der Waals surface area (Å²) in [7, 11) is 0. The standard InChI is InChI=1S/C20H18FNOS/c1-14-7-9-16(10-8-14)20(18-6-3-11-24-18)22-19(23)13-15-4-2-5-17(21)12-15/h2-12,20H,13H2,1H3,(H,22,23)/t20-/m0/s1. The molecule has 1 amide bonds. The summed E-state index contributed by atoms with van der Waals surface area (Å²) in [5.74, 6) is -0.451. The lowest BCUT2D eigenvalue weighted by atomic mass is 10.0. The molecular formula is C20H18FNOS. The van der Waals surface area contributed by atoms with E-state index in [9.17, 15) is 9.18 Å². The van der Waals surface area contributed by atoms with Gasteiger partial charge in [-0.3, -0.25) is 4.79 Å². The van der Waals surface area contributed by atoms with Gasteiger partial charge in [-0.05, 0) is 41.6 Å². The minimum atomic E-state index is -0.325. The molecule has 0 aliphatic carbocycles. The monoisotopic (exact) mass is 339 g/mol. The molecule has 0 aliphatic rings. The van der Waals surface area contributed by atoms with Crippen molar-refractivity contribution in [2.24, 2.45) is 0 Å². The summed E-state index contributed by atoms with van der Waals surface area (Å²) in [4.78, 5) is 13.5. The van der Waals surface area contributed by atoms with Crippen molar-refractivity contribution in [2.45, 2.75) is 19.4 Å². The van der Waals surface area contributed by atoms with E-state index >= 15 is 0 Å². The molecule has 1 N–H and O–H groups in total. The predicted octanol–water partition coefficient (Wildman–Crippen LogP) is 4.64. The number of hydrogen-bond acceptors (Lipinski definition) is 2. The maximum absolute atomic E-state index is 13.3. The van der Waals surface area contributed by atoms with Gasteiger partial charge in [0, 0.05) is 4.88 Å². The molecule has 1 aromatic heterocycles. The third kappa shape index (κ3) is 4.09. The van der Waals surface area contributed by atoms with Crippen LogP contribution >= 0.6 is 11.3 Å². The Kier molecular flexibility index (Phi) is 5.06. The molecule has 3 aromatic rings. The summed E-state index contributed by atoms with van der Waals surface area (Å²) < 4.78 is 13.3. The van der Waals surface area contributed by atoms with E-state index in [0.717, 1.165) is 10.4 Å².